The van der Waals surface area contributed by atoms with E-state index < -0.39 is 11.6 Å². The van der Waals surface area contributed by atoms with Crippen LogP contribution in [0.1, 0.15) is 32.8 Å². The summed E-state index contributed by atoms with van der Waals surface area (Å²) in [5, 5.41) is 15.0. The SMILES string of the molecule is CC(C)(C)NC(=O)NC(=O)CN1CCC(CO)(c2ccccc2)C1. The highest BCUT2D eigenvalue weighted by Crippen LogP contribution is 2.33. The molecule has 0 spiro atoms. The van der Waals surface area contributed by atoms with Gasteiger partial charge in [0.2, 0.25) is 5.91 Å². The quantitative estimate of drug-likeness (QED) is 0.774. The maximum atomic E-state index is 12.1. The third-order valence-electron chi connectivity index (χ3n) is 4.23. The molecule has 1 fully saturated rings. The third-order valence-corrected chi connectivity index (χ3v) is 4.23. The van der Waals surface area contributed by atoms with Crippen molar-refractivity contribution in [2.45, 2.75) is 38.1 Å². The molecular formula is C18H27N3O3. The summed E-state index contributed by atoms with van der Waals surface area (Å²) in [5.41, 5.74) is 0.355. The van der Waals surface area contributed by atoms with Gasteiger partial charge in [0, 0.05) is 17.5 Å². The molecule has 1 aliphatic rings. The van der Waals surface area contributed by atoms with Crippen LogP contribution in [0.25, 0.3) is 0 Å². The third kappa shape index (κ3) is 4.79. The lowest BCUT2D eigenvalue weighted by Gasteiger charge is -2.27. The van der Waals surface area contributed by atoms with Crippen LogP contribution in [-0.4, -0.2) is 53.7 Å². The summed E-state index contributed by atoms with van der Waals surface area (Å²) < 4.78 is 0. The fourth-order valence-corrected chi connectivity index (χ4v) is 3.08. The van der Waals surface area contributed by atoms with E-state index in [2.05, 4.69) is 10.6 Å². The van der Waals surface area contributed by atoms with Gasteiger partial charge in [-0.05, 0) is 39.3 Å². The number of amides is 3. The minimum Gasteiger partial charge on any atom is -0.395 e. The van der Waals surface area contributed by atoms with Crippen LogP contribution in [-0.2, 0) is 10.2 Å². The largest absolute Gasteiger partial charge is 0.395 e. The van der Waals surface area contributed by atoms with Crippen LogP contribution < -0.4 is 10.6 Å². The number of urea groups is 1. The molecule has 1 aromatic rings. The minimum atomic E-state index is -0.483. The van der Waals surface area contributed by atoms with Crippen molar-refractivity contribution in [2.75, 3.05) is 26.2 Å². The Bertz CT molecular complexity index is 583. The zero-order valence-electron chi connectivity index (χ0n) is 14.6. The van der Waals surface area contributed by atoms with Gasteiger partial charge in [0.15, 0.2) is 0 Å². The van der Waals surface area contributed by atoms with Gasteiger partial charge in [-0.2, -0.15) is 0 Å². The Morgan fingerprint density at radius 3 is 2.50 bits per heavy atom. The zero-order chi connectivity index (χ0) is 17.8. The number of rotatable bonds is 4. The van der Waals surface area contributed by atoms with Gasteiger partial charge in [-0.25, -0.2) is 4.79 Å². The summed E-state index contributed by atoms with van der Waals surface area (Å²) in [6.07, 6.45) is 0.787. The van der Waals surface area contributed by atoms with E-state index in [9.17, 15) is 14.7 Å². The molecule has 0 saturated carbocycles. The van der Waals surface area contributed by atoms with Crippen molar-refractivity contribution in [1.29, 1.82) is 0 Å². The molecule has 3 N–H and O–H groups in total. The van der Waals surface area contributed by atoms with Crippen LogP contribution in [0.4, 0.5) is 4.79 Å². The standard InChI is InChI=1S/C18H27N3O3/c1-17(2,3)20-16(24)19-15(23)11-21-10-9-18(12-21,13-22)14-7-5-4-6-8-14/h4-8,22H,9-13H2,1-3H3,(H2,19,20,23,24). The Labute approximate surface area is 143 Å². The molecular weight excluding hydrogens is 306 g/mol. The second-order valence-electron chi connectivity index (χ2n) is 7.52. The fourth-order valence-electron chi connectivity index (χ4n) is 3.08. The molecule has 24 heavy (non-hydrogen) atoms. The molecule has 1 aliphatic heterocycles. The molecule has 1 heterocycles. The van der Waals surface area contributed by atoms with E-state index in [-0.39, 0.29) is 24.5 Å². The molecule has 2 rings (SSSR count). The smallest absolute Gasteiger partial charge is 0.321 e. The van der Waals surface area contributed by atoms with Gasteiger partial charge >= 0.3 is 6.03 Å². The lowest BCUT2D eigenvalue weighted by molar-refractivity contribution is -0.121. The molecule has 0 radical (unpaired) electrons. The normalized spacial score (nSPS) is 21.5. The Balaban J connectivity index is 1.91. The van der Waals surface area contributed by atoms with E-state index >= 15 is 0 Å². The average molecular weight is 333 g/mol. The van der Waals surface area contributed by atoms with Crippen LogP contribution in [0.15, 0.2) is 30.3 Å². The summed E-state index contributed by atoms with van der Waals surface area (Å²) in [5.74, 6) is -0.335. The summed E-state index contributed by atoms with van der Waals surface area (Å²) in [6, 6.07) is 9.40. The van der Waals surface area contributed by atoms with Crippen LogP contribution in [0.5, 0.6) is 0 Å². The first-order valence-electron chi connectivity index (χ1n) is 8.25. The number of hydrogen-bond donors (Lipinski definition) is 3. The molecule has 1 unspecified atom stereocenters. The number of hydrogen-bond acceptors (Lipinski definition) is 4. The van der Waals surface area contributed by atoms with Crippen LogP contribution in [0, 0.1) is 0 Å². The highest BCUT2D eigenvalue weighted by atomic mass is 16.3. The van der Waals surface area contributed by atoms with Gasteiger partial charge in [-0.3, -0.25) is 15.0 Å². The number of nitrogens with one attached hydrogen (secondary N) is 2. The van der Waals surface area contributed by atoms with Crippen molar-refractivity contribution in [3.63, 3.8) is 0 Å². The Kier molecular flexibility index (Phi) is 5.62. The first-order valence-corrected chi connectivity index (χ1v) is 8.25. The Morgan fingerprint density at radius 1 is 1.25 bits per heavy atom. The van der Waals surface area contributed by atoms with Gasteiger partial charge in [0.25, 0.3) is 0 Å². The van der Waals surface area contributed by atoms with Crippen molar-refractivity contribution >= 4 is 11.9 Å². The predicted molar refractivity (Wildman–Crippen MR) is 92.7 cm³/mol. The van der Waals surface area contributed by atoms with E-state index in [0.29, 0.717) is 13.1 Å². The highest BCUT2D eigenvalue weighted by molar-refractivity contribution is 5.95. The second kappa shape index (κ2) is 7.32. The maximum Gasteiger partial charge on any atom is 0.321 e. The predicted octanol–water partition coefficient (Wildman–Crippen LogP) is 1.25. The van der Waals surface area contributed by atoms with E-state index in [1.807, 2.05) is 56.0 Å². The van der Waals surface area contributed by atoms with Gasteiger partial charge < -0.3 is 10.4 Å². The topological polar surface area (TPSA) is 81.7 Å². The zero-order valence-corrected chi connectivity index (χ0v) is 14.6. The molecule has 6 nitrogen and oxygen atoms in total. The Hall–Kier alpha value is -1.92. The second-order valence-corrected chi connectivity index (χ2v) is 7.52. The molecule has 0 bridgehead atoms. The summed E-state index contributed by atoms with van der Waals surface area (Å²) in [7, 11) is 0. The molecule has 1 saturated heterocycles. The fraction of sp³-hybridized carbons (Fsp3) is 0.556. The molecule has 0 aliphatic carbocycles. The molecule has 1 atom stereocenters. The molecule has 1 aromatic carbocycles. The first-order chi connectivity index (χ1) is 11.2. The van der Waals surface area contributed by atoms with E-state index in [4.69, 9.17) is 0 Å². The monoisotopic (exact) mass is 333 g/mol. The molecule has 0 aromatic heterocycles. The van der Waals surface area contributed by atoms with E-state index in [1.165, 1.54) is 0 Å². The van der Waals surface area contributed by atoms with Crippen molar-refractivity contribution in [3.05, 3.63) is 35.9 Å². The molecule has 132 valence electrons. The van der Waals surface area contributed by atoms with Gasteiger partial charge in [0.1, 0.15) is 0 Å². The summed E-state index contributed by atoms with van der Waals surface area (Å²) >= 11 is 0. The first kappa shape index (κ1) is 18.4. The number of aliphatic hydroxyl groups is 1. The average Bonchev–Trinajstić information content (AvgIpc) is 2.90. The van der Waals surface area contributed by atoms with Crippen molar-refractivity contribution in [2.24, 2.45) is 0 Å². The maximum absolute atomic E-state index is 12.1. The highest BCUT2D eigenvalue weighted by Gasteiger charge is 2.39. The molecule has 3 amide bonds. The van der Waals surface area contributed by atoms with Crippen molar-refractivity contribution < 1.29 is 14.7 Å². The van der Waals surface area contributed by atoms with Crippen molar-refractivity contribution in [1.82, 2.24) is 15.5 Å². The van der Waals surface area contributed by atoms with Gasteiger partial charge in [0.05, 0.1) is 13.2 Å². The van der Waals surface area contributed by atoms with Gasteiger partial charge in [-0.15, -0.1) is 0 Å². The van der Waals surface area contributed by atoms with E-state index in [1.54, 1.807) is 0 Å². The Morgan fingerprint density at radius 2 is 1.92 bits per heavy atom. The number of aliphatic hydroxyl groups excluding tert-OH is 1. The minimum absolute atomic E-state index is 0.0413. The summed E-state index contributed by atoms with van der Waals surface area (Å²) in [4.78, 5) is 25.8. The van der Waals surface area contributed by atoms with Crippen LogP contribution >= 0.6 is 0 Å². The lowest BCUT2D eigenvalue weighted by atomic mass is 9.80. The number of benzene rings is 1. The van der Waals surface area contributed by atoms with Crippen LogP contribution in [0.2, 0.25) is 0 Å². The molecule has 6 heteroatoms. The number of carbonyl (C=O) groups is 2. The summed E-state index contributed by atoms with van der Waals surface area (Å²) in [6.45, 7) is 7.06. The van der Waals surface area contributed by atoms with Gasteiger partial charge in [-0.1, -0.05) is 30.3 Å². The number of imide groups is 1. The van der Waals surface area contributed by atoms with Crippen molar-refractivity contribution in [3.8, 4) is 0 Å². The number of likely N-dealkylation sites (tertiary alicyclic amines) is 1. The number of nitrogens with zero attached hydrogens (tertiary/aromatic N) is 1. The van der Waals surface area contributed by atoms with Crippen LogP contribution in [0.3, 0.4) is 0 Å². The lowest BCUT2D eigenvalue weighted by Crippen LogP contribution is -2.50. The van der Waals surface area contributed by atoms with E-state index in [0.717, 1.165) is 12.0 Å². The number of carbonyl (C=O) groups excluding carboxylic acids is 2.